The topological polar surface area (TPSA) is 37.4 Å². The van der Waals surface area contributed by atoms with Gasteiger partial charge in [-0.3, -0.25) is 9.59 Å². The van der Waals surface area contributed by atoms with Crippen LogP contribution in [0.3, 0.4) is 0 Å². The van der Waals surface area contributed by atoms with Gasteiger partial charge in [-0.2, -0.15) is 0 Å². The summed E-state index contributed by atoms with van der Waals surface area (Å²) >= 11 is 1.55. The van der Waals surface area contributed by atoms with E-state index in [1.54, 1.807) is 11.8 Å². The van der Waals surface area contributed by atoms with Crippen molar-refractivity contribution in [1.82, 2.24) is 4.90 Å². The molecule has 0 aliphatic carbocycles. The number of hydrogen-bond acceptors (Lipinski definition) is 3. The molecule has 0 radical (unpaired) electrons. The molecule has 18 heavy (non-hydrogen) atoms. The highest BCUT2D eigenvalue weighted by molar-refractivity contribution is 8.00. The molecule has 1 unspecified atom stereocenters. The van der Waals surface area contributed by atoms with E-state index < -0.39 is 0 Å². The first-order valence-electron chi connectivity index (χ1n) is 6.15. The Kier molecular flexibility index (Phi) is 4.42. The zero-order valence-electron chi connectivity index (χ0n) is 10.5. The lowest BCUT2D eigenvalue weighted by atomic mass is 9.99. The number of Topliss-reactive ketones (excluding diaryl/α,β-unsaturated/α-hetero) is 1. The molecule has 1 saturated heterocycles. The van der Waals surface area contributed by atoms with Crippen molar-refractivity contribution in [3.63, 3.8) is 0 Å². The molecule has 1 atom stereocenters. The Labute approximate surface area is 112 Å². The van der Waals surface area contributed by atoms with E-state index >= 15 is 0 Å². The van der Waals surface area contributed by atoms with Crippen LogP contribution in [-0.2, 0) is 9.59 Å². The van der Waals surface area contributed by atoms with Gasteiger partial charge in [-0.15, -0.1) is 11.8 Å². The van der Waals surface area contributed by atoms with E-state index in [1.165, 1.54) is 0 Å². The molecular weight excluding hydrogens is 246 g/mol. The zero-order chi connectivity index (χ0) is 13.0. The van der Waals surface area contributed by atoms with Gasteiger partial charge in [0.15, 0.2) is 0 Å². The Balaban J connectivity index is 1.83. The number of likely N-dealkylation sites (tertiary alicyclic amines) is 1. The highest BCUT2D eigenvalue weighted by Crippen LogP contribution is 2.19. The summed E-state index contributed by atoms with van der Waals surface area (Å²) in [6.07, 6.45) is 0.503. The lowest BCUT2D eigenvalue weighted by Crippen LogP contribution is -2.43. The predicted octanol–water partition coefficient (Wildman–Crippen LogP) is 2.22. The molecule has 1 amide bonds. The molecular formula is C14H17NO2S. The highest BCUT2D eigenvalue weighted by Gasteiger charge is 2.26. The number of thioether (sulfide) groups is 1. The highest BCUT2D eigenvalue weighted by atomic mass is 32.2. The van der Waals surface area contributed by atoms with Crippen LogP contribution in [0.15, 0.2) is 35.2 Å². The second-order valence-corrected chi connectivity index (χ2v) is 5.61. The summed E-state index contributed by atoms with van der Waals surface area (Å²) in [6, 6.07) is 9.90. The molecule has 3 nitrogen and oxygen atoms in total. The lowest BCUT2D eigenvalue weighted by molar-refractivity contribution is -0.134. The molecule has 1 aromatic rings. The van der Waals surface area contributed by atoms with Crippen molar-refractivity contribution in [2.24, 2.45) is 5.92 Å². The minimum Gasteiger partial charge on any atom is -0.341 e. The number of nitrogens with zero attached hydrogens (tertiary/aromatic N) is 1. The fourth-order valence-electron chi connectivity index (χ4n) is 1.99. The number of amides is 1. The third-order valence-corrected chi connectivity index (χ3v) is 4.13. The largest absolute Gasteiger partial charge is 0.341 e. The molecule has 4 heteroatoms. The van der Waals surface area contributed by atoms with Crippen LogP contribution in [-0.4, -0.2) is 35.4 Å². The summed E-state index contributed by atoms with van der Waals surface area (Å²) < 4.78 is 0. The molecule has 0 spiro atoms. The van der Waals surface area contributed by atoms with Gasteiger partial charge in [-0.05, 0) is 12.1 Å². The second kappa shape index (κ2) is 6.05. The first kappa shape index (κ1) is 13.1. The third-order valence-electron chi connectivity index (χ3n) is 3.13. The molecule has 0 aromatic heterocycles. The molecule has 1 aliphatic heterocycles. The smallest absolute Gasteiger partial charge is 0.232 e. The van der Waals surface area contributed by atoms with Gasteiger partial charge in [0, 0.05) is 30.3 Å². The van der Waals surface area contributed by atoms with Gasteiger partial charge in [0.1, 0.15) is 5.78 Å². The van der Waals surface area contributed by atoms with E-state index in [1.807, 2.05) is 42.2 Å². The predicted molar refractivity (Wildman–Crippen MR) is 72.5 cm³/mol. The normalized spacial score (nSPS) is 19.9. The summed E-state index contributed by atoms with van der Waals surface area (Å²) in [6.45, 7) is 3.05. The zero-order valence-corrected chi connectivity index (χ0v) is 11.3. The molecule has 0 N–H and O–H groups in total. The van der Waals surface area contributed by atoms with E-state index in [0.717, 1.165) is 4.90 Å². The minimum absolute atomic E-state index is 0.00979. The Morgan fingerprint density at radius 1 is 1.39 bits per heavy atom. The fraction of sp³-hybridized carbons (Fsp3) is 0.429. The standard InChI is InChI=1S/C14H17NO2S/c1-11-9-15(8-7-13(11)16)14(17)10-18-12-5-3-2-4-6-12/h2-6,11H,7-10H2,1H3. The number of benzene rings is 1. The van der Waals surface area contributed by atoms with Gasteiger partial charge in [-0.25, -0.2) is 0 Å². The van der Waals surface area contributed by atoms with E-state index in [-0.39, 0.29) is 17.6 Å². The number of piperidine rings is 1. The Hall–Kier alpha value is -1.29. The first-order chi connectivity index (χ1) is 8.66. The molecule has 96 valence electrons. The van der Waals surface area contributed by atoms with Crippen molar-refractivity contribution in [3.05, 3.63) is 30.3 Å². The summed E-state index contributed by atoms with van der Waals surface area (Å²) in [5.74, 6) is 0.840. The maximum atomic E-state index is 12.0. The van der Waals surface area contributed by atoms with Crippen LogP contribution in [0.5, 0.6) is 0 Å². The molecule has 1 aromatic carbocycles. The van der Waals surface area contributed by atoms with Crippen LogP contribution >= 0.6 is 11.8 Å². The minimum atomic E-state index is -0.00979. The number of ketones is 1. The van der Waals surface area contributed by atoms with Gasteiger partial charge in [0.25, 0.3) is 0 Å². The SMILES string of the molecule is CC1CN(C(=O)CSc2ccccc2)CCC1=O. The van der Waals surface area contributed by atoms with E-state index in [4.69, 9.17) is 0 Å². The van der Waals surface area contributed by atoms with E-state index in [2.05, 4.69) is 0 Å². The lowest BCUT2D eigenvalue weighted by Gasteiger charge is -2.30. The van der Waals surface area contributed by atoms with Crippen molar-refractivity contribution < 1.29 is 9.59 Å². The third kappa shape index (κ3) is 3.35. The quantitative estimate of drug-likeness (QED) is 0.785. The van der Waals surface area contributed by atoms with Gasteiger partial charge in [-0.1, -0.05) is 25.1 Å². The fourth-order valence-corrected chi connectivity index (χ4v) is 2.82. The molecule has 1 fully saturated rings. The molecule has 2 rings (SSSR count). The van der Waals surface area contributed by atoms with Gasteiger partial charge in [0.2, 0.25) is 5.91 Å². The van der Waals surface area contributed by atoms with Crippen molar-refractivity contribution >= 4 is 23.5 Å². The van der Waals surface area contributed by atoms with Crippen molar-refractivity contribution in [2.75, 3.05) is 18.8 Å². The summed E-state index contributed by atoms with van der Waals surface area (Å²) in [7, 11) is 0. The Bertz CT molecular complexity index is 433. The summed E-state index contributed by atoms with van der Waals surface area (Å²) in [5, 5.41) is 0. The van der Waals surface area contributed by atoms with E-state index in [9.17, 15) is 9.59 Å². The van der Waals surface area contributed by atoms with Gasteiger partial charge >= 0.3 is 0 Å². The average Bonchev–Trinajstić information content (AvgIpc) is 2.40. The second-order valence-electron chi connectivity index (χ2n) is 4.56. The van der Waals surface area contributed by atoms with Crippen molar-refractivity contribution in [1.29, 1.82) is 0 Å². The Morgan fingerprint density at radius 3 is 2.78 bits per heavy atom. The number of hydrogen-bond donors (Lipinski definition) is 0. The van der Waals surface area contributed by atoms with Gasteiger partial charge in [0.05, 0.1) is 5.75 Å². The average molecular weight is 263 g/mol. The summed E-state index contributed by atoms with van der Waals surface area (Å²) in [4.78, 5) is 26.3. The Morgan fingerprint density at radius 2 is 2.11 bits per heavy atom. The number of carbonyl (C=O) groups is 2. The van der Waals surface area contributed by atoms with Crippen molar-refractivity contribution in [3.8, 4) is 0 Å². The molecule has 0 bridgehead atoms. The van der Waals surface area contributed by atoms with Crippen LogP contribution in [0, 0.1) is 5.92 Å². The van der Waals surface area contributed by atoms with Crippen LogP contribution in [0.1, 0.15) is 13.3 Å². The number of carbonyl (C=O) groups excluding carboxylic acids is 2. The molecule has 0 saturated carbocycles. The van der Waals surface area contributed by atoms with Crippen molar-refractivity contribution in [2.45, 2.75) is 18.2 Å². The molecule has 1 heterocycles. The maximum Gasteiger partial charge on any atom is 0.232 e. The van der Waals surface area contributed by atoms with E-state index in [0.29, 0.717) is 25.3 Å². The van der Waals surface area contributed by atoms with Gasteiger partial charge < -0.3 is 4.90 Å². The van der Waals surface area contributed by atoms with Crippen LogP contribution < -0.4 is 0 Å². The van der Waals surface area contributed by atoms with Crippen LogP contribution in [0.2, 0.25) is 0 Å². The number of rotatable bonds is 3. The summed E-state index contributed by atoms with van der Waals surface area (Å²) in [5.41, 5.74) is 0. The monoisotopic (exact) mass is 263 g/mol. The maximum absolute atomic E-state index is 12.0. The van der Waals surface area contributed by atoms with Crippen LogP contribution in [0.4, 0.5) is 0 Å². The van der Waals surface area contributed by atoms with Crippen LogP contribution in [0.25, 0.3) is 0 Å². The molecule has 1 aliphatic rings. The first-order valence-corrected chi connectivity index (χ1v) is 7.13.